The Bertz CT molecular complexity index is 1430. The van der Waals surface area contributed by atoms with E-state index in [1.807, 2.05) is 84.4 Å². The van der Waals surface area contributed by atoms with Crippen LogP contribution >= 0.6 is 0 Å². The molecule has 0 aliphatic heterocycles. The molecule has 0 bridgehead atoms. The Hall–Kier alpha value is -4.65. The second-order valence-corrected chi connectivity index (χ2v) is 7.35. The number of hydrogen-bond donors (Lipinski definition) is 1. The number of anilines is 2. The zero-order valence-corrected chi connectivity index (χ0v) is 17.8. The molecule has 0 unspecified atom stereocenters. The van der Waals surface area contributed by atoms with Crippen LogP contribution in [-0.4, -0.2) is 20.8 Å². The van der Waals surface area contributed by atoms with Crippen molar-refractivity contribution in [2.24, 2.45) is 7.05 Å². The van der Waals surface area contributed by atoms with E-state index >= 15 is 0 Å². The largest absolute Gasteiger partial charge is 0.457 e. The van der Waals surface area contributed by atoms with Crippen LogP contribution < -0.4 is 14.8 Å². The van der Waals surface area contributed by atoms with Gasteiger partial charge in [-0.15, -0.1) is 0 Å². The maximum absolute atomic E-state index is 10.9. The Balaban J connectivity index is 1.37. The molecule has 0 aliphatic rings. The van der Waals surface area contributed by atoms with E-state index in [1.165, 1.54) is 6.20 Å². The molecule has 162 valence electrons. The Labute approximate surface area is 190 Å². The molecule has 1 N–H and O–H groups in total. The van der Waals surface area contributed by atoms with Crippen LogP contribution in [0.15, 0.2) is 91.1 Å². The summed E-state index contributed by atoms with van der Waals surface area (Å²) in [6, 6.07) is 26.3. The second kappa shape index (κ2) is 8.84. The molecule has 0 atom stereocenters. The van der Waals surface area contributed by atoms with Gasteiger partial charge in [-0.3, -0.25) is 9.78 Å². The Kier molecular flexibility index (Phi) is 5.43. The molecule has 3 aromatic carbocycles. The Morgan fingerprint density at radius 2 is 1.58 bits per heavy atom. The number of nitrogens with zero attached hydrogens (tertiary/aromatic N) is 3. The van der Waals surface area contributed by atoms with Gasteiger partial charge in [0.05, 0.1) is 11.0 Å². The van der Waals surface area contributed by atoms with Crippen molar-refractivity contribution in [1.82, 2.24) is 14.5 Å². The van der Waals surface area contributed by atoms with Crippen LogP contribution in [0.2, 0.25) is 0 Å². The number of imidazole rings is 1. The van der Waals surface area contributed by atoms with E-state index in [0.717, 1.165) is 28.2 Å². The van der Waals surface area contributed by atoms with Crippen molar-refractivity contribution in [1.29, 1.82) is 0 Å². The topological polar surface area (TPSA) is 78.3 Å². The van der Waals surface area contributed by atoms with Gasteiger partial charge in [0.15, 0.2) is 6.29 Å². The molecular weight excluding hydrogens is 416 g/mol. The number of nitrogens with one attached hydrogen (secondary N) is 1. The molecular formula is C26H20N4O3. The predicted octanol–water partition coefficient (Wildman–Crippen LogP) is 6.11. The lowest BCUT2D eigenvalue weighted by atomic mass is 10.3. The number of hydrogen-bond acceptors (Lipinski definition) is 6. The van der Waals surface area contributed by atoms with Gasteiger partial charge in [-0.25, -0.2) is 4.98 Å². The third-order valence-electron chi connectivity index (χ3n) is 5.03. The lowest BCUT2D eigenvalue weighted by Gasteiger charge is -2.09. The summed E-state index contributed by atoms with van der Waals surface area (Å²) in [6.45, 7) is 0. The van der Waals surface area contributed by atoms with Crippen LogP contribution in [0.3, 0.4) is 0 Å². The molecule has 0 radical (unpaired) electrons. The maximum Gasteiger partial charge on any atom is 0.208 e. The highest BCUT2D eigenvalue weighted by Gasteiger charge is 2.10. The molecule has 2 heterocycles. The normalized spacial score (nSPS) is 10.7. The molecule has 7 nitrogen and oxygen atoms in total. The van der Waals surface area contributed by atoms with Crippen molar-refractivity contribution in [2.45, 2.75) is 0 Å². The second-order valence-electron chi connectivity index (χ2n) is 7.35. The summed E-state index contributed by atoms with van der Waals surface area (Å²) in [5.41, 5.74) is 2.90. The molecule has 0 amide bonds. The maximum atomic E-state index is 10.9. The van der Waals surface area contributed by atoms with Crippen LogP contribution in [0, 0.1) is 0 Å². The molecule has 0 aliphatic carbocycles. The first kappa shape index (κ1) is 20.3. The molecule has 33 heavy (non-hydrogen) atoms. The van der Waals surface area contributed by atoms with Crippen molar-refractivity contribution in [3.05, 3.63) is 96.8 Å². The highest BCUT2D eigenvalue weighted by Crippen LogP contribution is 2.29. The molecule has 2 aromatic heterocycles. The summed E-state index contributed by atoms with van der Waals surface area (Å²) in [7, 11) is 1.95. The average Bonchev–Trinajstić information content (AvgIpc) is 3.14. The first-order valence-electron chi connectivity index (χ1n) is 10.3. The Morgan fingerprint density at radius 1 is 0.818 bits per heavy atom. The monoisotopic (exact) mass is 436 g/mol. The molecule has 0 saturated heterocycles. The van der Waals surface area contributed by atoms with Gasteiger partial charge in [0.1, 0.15) is 28.7 Å². The van der Waals surface area contributed by atoms with E-state index in [-0.39, 0.29) is 0 Å². The number of para-hydroxylation sites is 1. The van der Waals surface area contributed by atoms with Crippen LogP contribution in [0.25, 0.3) is 11.0 Å². The zero-order valence-electron chi connectivity index (χ0n) is 17.8. The van der Waals surface area contributed by atoms with E-state index in [4.69, 9.17) is 14.5 Å². The summed E-state index contributed by atoms with van der Waals surface area (Å²) >= 11 is 0. The lowest BCUT2D eigenvalue weighted by molar-refractivity contribution is 0.111. The van der Waals surface area contributed by atoms with E-state index in [9.17, 15) is 4.79 Å². The number of ether oxygens (including phenoxy) is 2. The number of aldehydes is 1. The molecule has 7 heteroatoms. The summed E-state index contributed by atoms with van der Waals surface area (Å²) in [5, 5.41) is 3.36. The number of aryl methyl sites for hydroxylation is 1. The highest BCUT2D eigenvalue weighted by atomic mass is 16.5. The average molecular weight is 436 g/mol. The van der Waals surface area contributed by atoms with Crippen LogP contribution in [0.1, 0.15) is 10.5 Å². The van der Waals surface area contributed by atoms with E-state index in [1.54, 1.807) is 12.1 Å². The van der Waals surface area contributed by atoms with Gasteiger partial charge in [0.25, 0.3) is 0 Å². The number of aromatic nitrogens is 3. The summed E-state index contributed by atoms with van der Waals surface area (Å²) < 4.78 is 13.8. The third kappa shape index (κ3) is 4.52. The van der Waals surface area contributed by atoms with Crippen molar-refractivity contribution in [3.8, 4) is 23.0 Å². The minimum absolute atomic E-state index is 0.316. The fraction of sp³-hybridized carbons (Fsp3) is 0.0385. The number of fused-ring (bicyclic) bond motifs is 1. The number of benzene rings is 3. The van der Waals surface area contributed by atoms with Crippen molar-refractivity contribution >= 4 is 29.0 Å². The van der Waals surface area contributed by atoms with Gasteiger partial charge < -0.3 is 19.4 Å². The predicted molar refractivity (Wildman–Crippen MR) is 127 cm³/mol. The molecule has 0 saturated carbocycles. The minimum Gasteiger partial charge on any atom is -0.457 e. The van der Waals surface area contributed by atoms with Crippen molar-refractivity contribution in [3.63, 3.8) is 0 Å². The van der Waals surface area contributed by atoms with Crippen molar-refractivity contribution in [2.75, 3.05) is 5.32 Å². The van der Waals surface area contributed by atoms with Gasteiger partial charge in [-0.1, -0.05) is 24.3 Å². The lowest BCUT2D eigenvalue weighted by Crippen LogP contribution is -1.99. The van der Waals surface area contributed by atoms with E-state index in [0.29, 0.717) is 29.4 Å². The highest BCUT2D eigenvalue weighted by molar-refractivity contribution is 5.81. The number of carbonyl (C=O) groups excluding carboxylic acids is 1. The van der Waals surface area contributed by atoms with Crippen LogP contribution in [-0.2, 0) is 7.05 Å². The quantitative estimate of drug-likeness (QED) is 0.310. The number of pyridine rings is 1. The van der Waals surface area contributed by atoms with Crippen LogP contribution in [0.5, 0.6) is 23.0 Å². The zero-order chi connectivity index (χ0) is 22.6. The van der Waals surface area contributed by atoms with Gasteiger partial charge in [0, 0.05) is 37.1 Å². The standard InChI is InChI=1S/C26H20N4O3/c1-30-25-11-10-22(33-23-12-13-27-19(15-23)17-31)16-24(25)29-26(30)28-18-6-5-9-21(14-18)32-20-7-3-2-4-8-20/h2-17H,1H3,(H,28,29). The third-order valence-corrected chi connectivity index (χ3v) is 5.03. The molecule has 0 fully saturated rings. The van der Waals surface area contributed by atoms with Crippen molar-refractivity contribution < 1.29 is 14.3 Å². The SMILES string of the molecule is Cn1c(Nc2cccc(Oc3ccccc3)c2)nc2cc(Oc3ccnc(C=O)c3)ccc21. The molecule has 5 aromatic rings. The molecule has 5 rings (SSSR count). The van der Waals surface area contributed by atoms with Gasteiger partial charge >= 0.3 is 0 Å². The molecule has 0 spiro atoms. The summed E-state index contributed by atoms with van der Waals surface area (Å²) in [4.78, 5) is 19.6. The smallest absolute Gasteiger partial charge is 0.208 e. The first-order chi connectivity index (χ1) is 16.2. The number of rotatable bonds is 7. The van der Waals surface area contributed by atoms with E-state index in [2.05, 4.69) is 10.3 Å². The van der Waals surface area contributed by atoms with Gasteiger partial charge in [-0.2, -0.15) is 0 Å². The van der Waals surface area contributed by atoms with Gasteiger partial charge in [0.2, 0.25) is 5.95 Å². The summed E-state index contributed by atoms with van der Waals surface area (Å²) in [5.74, 6) is 3.35. The fourth-order valence-corrected chi connectivity index (χ4v) is 3.44. The number of carbonyl (C=O) groups is 1. The minimum atomic E-state index is 0.316. The van der Waals surface area contributed by atoms with Crippen LogP contribution in [0.4, 0.5) is 11.6 Å². The van der Waals surface area contributed by atoms with Gasteiger partial charge in [-0.05, 0) is 42.5 Å². The first-order valence-corrected chi connectivity index (χ1v) is 10.3. The van der Waals surface area contributed by atoms with E-state index < -0.39 is 0 Å². The fourth-order valence-electron chi connectivity index (χ4n) is 3.44. The summed E-state index contributed by atoms with van der Waals surface area (Å²) in [6.07, 6.45) is 2.22. The Morgan fingerprint density at radius 3 is 2.42 bits per heavy atom.